The predicted octanol–water partition coefficient (Wildman–Crippen LogP) is 6.23. The van der Waals surface area contributed by atoms with E-state index in [4.69, 9.17) is 14.2 Å². The van der Waals surface area contributed by atoms with Crippen molar-refractivity contribution < 1.29 is 28.8 Å². The van der Waals surface area contributed by atoms with E-state index in [0.29, 0.717) is 37.5 Å². The van der Waals surface area contributed by atoms with Crippen molar-refractivity contribution in [1.29, 1.82) is 0 Å². The zero-order valence-corrected chi connectivity index (χ0v) is 23.8. The lowest BCUT2D eigenvalue weighted by Gasteiger charge is -2.38. The Morgan fingerprint density at radius 2 is 1.77 bits per heavy atom. The van der Waals surface area contributed by atoms with Gasteiger partial charge in [0, 0.05) is 24.2 Å². The number of rotatable bonds is 13. The van der Waals surface area contributed by atoms with Crippen LogP contribution in [0.3, 0.4) is 0 Å². The van der Waals surface area contributed by atoms with Gasteiger partial charge in [-0.05, 0) is 74.6 Å². The summed E-state index contributed by atoms with van der Waals surface area (Å²) in [5.74, 6) is 2.17. The zero-order valence-electron chi connectivity index (χ0n) is 22.8. The molecule has 3 aromatic rings. The molecule has 0 radical (unpaired) electrons. The summed E-state index contributed by atoms with van der Waals surface area (Å²) >= 11 is 0. The van der Waals surface area contributed by atoms with Gasteiger partial charge in [-0.1, -0.05) is 43.3 Å². The Morgan fingerprint density at radius 3 is 2.46 bits per heavy atom. The SMILES string of the molecule is CCc1c(NCC(C)O)cccc1OCC1([PH](=O)O)CCCC(Oc2ccc(OCc3ccccc3)cc2)C1. The summed E-state index contributed by atoms with van der Waals surface area (Å²) in [4.78, 5) is 10.5. The number of aliphatic hydroxyl groups excluding tert-OH is 1. The van der Waals surface area contributed by atoms with Crippen LogP contribution in [0.4, 0.5) is 5.69 Å². The number of hydrogen-bond acceptors (Lipinski definition) is 6. The highest BCUT2D eigenvalue weighted by Crippen LogP contribution is 2.48. The number of nitrogens with one attached hydrogen (secondary N) is 1. The number of benzene rings is 3. The lowest BCUT2D eigenvalue weighted by Crippen LogP contribution is -2.41. The average Bonchev–Trinajstić information content (AvgIpc) is 2.95. The van der Waals surface area contributed by atoms with Crippen LogP contribution >= 0.6 is 8.03 Å². The third-order valence-electron chi connectivity index (χ3n) is 7.21. The number of anilines is 1. The minimum absolute atomic E-state index is 0.153. The molecule has 0 aliphatic heterocycles. The van der Waals surface area contributed by atoms with Crippen molar-refractivity contribution in [3.8, 4) is 17.2 Å². The van der Waals surface area contributed by atoms with E-state index >= 15 is 0 Å². The van der Waals surface area contributed by atoms with Gasteiger partial charge in [0.15, 0.2) is 8.03 Å². The van der Waals surface area contributed by atoms with Crippen LogP contribution in [-0.2, 0) is 17.6 Å². The van der Waals surface area contributed by atoms with Gasteiger partial charge >= 0.3 is 0 Å². The maximum absolute atomic E-state index is 12.7. The molecule has 1 fully saturated rings. The summed E-state index contributed by atoms with van der Waals surface area (Å²) in [6.45, 7) is 4.86. The summed E-state index contributed by atoms with van der Waals surface area (Å²) in [6, 6.07) is 23.3. The van der Waals surface area contributed by atoms with Gasteiger partial charge in [-0.2, -0.15) is 0 Å². The first kappa shape index (κ1) is 29.0. The van der Waals surface area contributed by atoms with Crippen molar-refractivity contribution in [3.05, 3.63) is 83.9 Å². The Bertz CT molecular complexity index is 1200. The fourth-order valence-corrected chi connectivity index (χ4v) is 6.04. The Labute approximate surface area is 232 Å². The van der Waals surface area contributed by atoms with Crippen LogP contribution in [0, 0.1) is 0 Å². The van der Waals surface area contributed by atoms with Gasteiger partial charge in [-0.25, -0.2) is 0 Å². The van der Waals surface area contributed by atoms with Gasteiger partial charge < -0.3 is 29.5 Å². The third-order valence-corrected chi connectivity index (χ3v) is 8.71. The minimum atomic E-state index is -2.90. The fourth-order valence-electron chi connectivity index (χ4n) is 5.05. The van der Waals surface area contributed by atoms with Crippen LogP contribution in [0.25, 0.3) is 0 Å². The van der Waals surface area contributed by atoms with Crippen LogP contribution in [0.1, 0.15) is 50.7 Å². The van der Waals surface area contributed by atoms with E-state index in [-0.39, 0.29) is 12.7 Å². The van der Waals surface area contributed by atoms with E-state index in [1.807, 2.05) is 79.7 Å². The number of hydrogen-bond donors (Lipinski definition) is 3. The van der Waals surface area contributed by atoms with Crippen LogP contribution in [0.2, 0.25) is 0 Å². The van der Waals surface area contributed by atoms with Gasteiger partial charge in [-0.15, -0.1) is 0 Å². The van der Waals surface area contributed by atoms with E-state index in [2.05, 4.69) is 5.32 Å². The molecule has 0 amide bonds. The zero-order chi connectivity index (χ0) is 27.7. The first-order valence-corrected chi connectivity index (χ1v) is 15.1. The molecule has 1 aliphatic carbocycles. The largest absolute Gasteiger partial charge is 0.492 e. The highest BCUT2D eigenvalue weighted by molar-refractivity contribution is 7.40. The van der Waals surface area contributed by atoms with Gasteiger partial charge in [0.1, 0.15) is 30.5 Å². The van der Waals surface area contributed by atoms with Crippen LogP contribution in [0.15, 0.2) is 72.8 Å². The second-order valence-electron chi connectivity index (χ2n) is 10.3. The topological polar surface area (TPSA) is 97.2 Å². The molecule has 4 rings (SSSR count). The predicted molar refractivity (Wildman–Crippen MR) is 156 cm³/mol. The second kappa shape index (κ2) is 13.9. The first-order valence-electron chi connectivity index (χ1n) is 13.7. The van der Waals surface area contributed by atoms with Gasteiger partial charge in [0.2, 0.25) is 0 Å². The van der Waals surface area contributed by atoms with E-state index in [0.717, 1.165) is 41.8 Å². The molecule has 0 aromatic heterocycles. The summed E-state index contributed by atoms with van der Waals surface area (Å²) in [5, 5.41) is 12.1. The Morgan fingerprint density at radius 1 is 1.03 bits per heavy atom. The van der Waals surface area contributed by atoms with Gasteiger partial charge in [0.05, 0.1) is 17.4 Å². The van der Waals surface area contributed by atoms with E-state index in [1.54, 1.807) is 6.92 Å². The third kappa shape index (κ3) is 8.01. The van der Waals surface area contributed by atoms with Gasteiger partial charge in [0.25, 0.3) is 0 Å². The first-order chi connectivity index (χ1) is 18.9. The molecule has 3 aromatic carbocycles. The molecule has 8 heteroatoms. The molecule has 0 saturated heterocycles. The molecule has 3 N–H and O–H groups in total. The van der Waals surface area contributed by atoms with Gasteiger partial charge in [-0.3, -0.25) is 4.57 Å². The fraction of sp³-hybridized carbons (Fsp3) is 0.419. The van der Waals surface area contributed by atoms with E-state index < -0.39 is 19.3 Å². The van der Waals surface area contributed by atoms with Crippen molar-refractivity contribution in [1.82, 2.24) is 0 Å². The Kier molecular flexibility index (Phi) is 10.3. The van der Waals surface area contributed by atoms with Crippen LogP contribution < -0.4 is 19.5 Å². The molecule has 4 unspecified atom stereocenters. The number of ether oxygens (including phenoxy) is 3. The van der Waals surface area contributed by atoms with Crippen LogP contribution in [-0.4, -0.2) is 40.5 Å². The van der Waals surface area contributed by atoms with Crippen molar-refractivity contribution in [2.24, 2.45) is 0 Å². The Hall–Kier alpha value is -2.99. The maximum Gasteiger partial charge on any atom is 0.198 e. The van der Waals surface area contributed by atoms with E-state index in [9.17, 15) is 14.6 Å². The van der Waals surface area contributed by atoms with Crippen molar-refractivity contribution >= 4 is 13.7 Å². The highest BCUT2D eigenvalue weighted by atomic mass is 31.1. The lowest BCUT2D eigenvalue weighted by molar-refractivity contribution is 0.107. The molecule has 0 heterocycles. The van der Waals surface area contributed by atoms with E-state index in [1.165, 1.54) is 0 Å². The summed E-state index contributed by atoms with van der Waals surface area (Å²) in [6.07, 6.45) is 2.77. The monoisotopic (exact) mass is 553 g/mol. The summed E-state index contributed by atoms with van der Waals surface area (Å²) < 4.78 is 31.1. The molecule has 1 saturated carbocycles. The second-order valence-corrected chi connectivity index (χ2v) is 12.0. The Balaban J connectivity index is 1.38. The number of aliphatic hydroxyl groups is 1. The smallest absolute Gasteiger partial charge is 0.198 e. The average molecular weight is 554 g/mol. The molecule has 7 nitrogen and oxygen atoms in total. The van der Waals surface area contributed by atoms with Crippen molar-refractivity contribution in [2.75, 3.05) is 18.5 Å². The molecule has 0 bridgehead atoms. The molecule has 4 atom stereocenters. The van der Waals surface area contributed by atoms with Crippen LogP contribution in [0.5, 0.6) is 17.2 Å². The standard InChI is InChI=1S/C31H40NO6P/c1-3-28-29(32-20-23(2)33)12-7-13-30(28)37-22-31(39(34)35)18-8-11-27(19-31)38-26-16-14-25(15-17-26)36-21-24-9-5-4-6-10-24/h4-7,9-10,12-17,23,27,32-33,39H,3,8,11,18-22H2,1-2H3,(H,34,35). The highest BCUT2D eigenvalue weighted by Gasteiger charge is 2.43. The molecular formula is C31H40NO6P. The molecule has 0 spiro atoms. The summed E-state index contributed by atoms with van der Waals surface area (Å²) in [7, 11) is -2.90. The molecule has 39 heavy (non-hydrogen) atoms. The normalized spacial score (nSPS) is 20.6. The lowest BCUT2D eigenvalue weighted by atomic mass is 9.86. The van der Waals surface area contributed by atoms with Crippen molar-refractivity contribution in [3.63, 3.8) is 0 Å². The molecule has 210 valence electrons. The quantitative estimate of drug-likeness (QED) is 0.216. The summed E-state index contributed by atoms with van der Waals surface area (Å²) in [5.41, 5.74) is 3.00. The van der Waals surface area contributed by atoms with Crippen molar-refractivity contribution in [2.45, 2.75) is 69.9 Å². The molecule has 1 aliphatic rings. The molecular weight excluding hydrogens is 513 g/mol. The maximum atomic E-state index is 12.7. The minimum Gasteiger partial charge on any atom is -0.492 e.